The number of alkyl carbamates (subject to hydrolysis) is 1. The van der Waals surface area contributed by atoms with Crippen molar-refractivity contribution in [2.75, 3.05) is 7.11 Å². The van der Waals surface area contributed by atoms with Gasteiger partial charge in [0.1, 0.15) is 0 Å². The quantitative estimate of drug-likeness (QED) is 0.378. The summed E-state index contributed by atoms with van der Waals surface area (Å²) in [6, 6.07) is 9.99. The maximum atomic E-state index is 11.8. The van der Waals surface area contributed by atoms with Crippen LogP contribution in [0, 0.1) is 0 Å². The number of hydrogen-bond acceptors (Lipinski definition) is 3. The number of hydrogen-bond donors (Lipinski definition) is 1. The smallest absolute Gasteiger partial charge is 0.407 e. The second-order valence-electron chi connectivity index (χ2n) is 8.46. The summed E-state index contributed by atoms with van der Waals surface area (Å²) in [4.78, 5) is 11.8. The van der Waals surface area contributed by atoms with Gasteiger partial charge in [0.05, 0.1) is 19.3 Å². The first kappa shape index (κ1) is 24.4. The van der Waals surface area contributed by atoms with Gasteiger partial charge in [-0.15, -0.1) is 0 Å². The van der Waals surface area contributed by atoms with E-state index in [9.17, 15) is 4.79 Å². The van der Waals surface area contributed by atoms with E-state index in [4.69, 9.17) is 9.16 Å². The summed E-state index contributed by atoms with van der Waals surface area (Å²) in [7, 11) is -0.552. The first-order valence-corrected chi connectivity index (χ1v) is 12.5. The first-order chi connectivity index (χ1) is 13.1. The van der Waals surface area contributed by atoms with Crippen molar-refractivity contribution in [1.82, 2.24) is 5.32 Å². The second kappa shape index (κ2) is 11.4. The molecular formula is C23H39NO3Si. The molecule has 2 atom stereocenters. The average Bonchev–Trinajstić information content (AvgIpc) is 2.63. The van der Waals surface area contributed by atoms with E-state index in [-0.39, 0.29) is 12.1 Å². The zero-order valence-corrected chi connectivity index (χ0v) is 19.9. The highest BCUT2D eigenvalue weighted by atomic mass is 28.4. The van der Waals surface area contributed by atoms with Crippen molar-refractivity contribution in [3.05, 3.63) is 48.0 Å². The third kappa shape index (κ3) is 6.78. The van der Waals surface area contributed by atoms with Gasteiger partial charge in [-0.3, -0.25) is 0 Å². The van der Waals surface area contributed by atoms with Crippen LogP contribution < -0.4 is 5.32 Å². The third-order valence-corrected chi connectivity index (χ3v) is 11.7. The van der Waals surface area contributed by atoms with Crippen LogP contribution in [0.15, 0.2) is 42.5 Å². The van der Waals surface area contributed by atoms with Crippen LogP contribution in [0.25, 0.3) is 0 Å². The lowest BCUT2D eigenvalue weighted by atomic mass is 10.1. The summed E-state index contributed by atoms with van der Waals surface area (Å²) < 4.78 is 11.6. The van der Waals surface area contributed by atoms with E-state index < -0.39 is 14.4 Å². The van der Waals surface area contributed by atoms with Crippen LogP contribution in [-0.4, -0.2) is 33.7 Å². The van der Waals surface area contributed by atoms with Crippen molar-refractivity contribution in [1.29, 1.82) is 0 Å². The maximum Gasteiger partial charge on any atom is 0.407 e. The highest BCUT2D eigenvalue weighted by Crippen LogP contribution is 2.43. The zero-order chi connectivity index (χ0) is 21.3. The van der Waals surface area contributed by atoms with Crippen molar-refractivity contribution >= 4 is 14.4 Å². The fourth-order valence-corrected chi connectivity index (χ4v) is 9.84. The topological polar surface area (TPSA) is 47.6 Å². The van der Waals surface area contributed by atoms with Crippen molar-refractivity contribution in [2.24, 2.45) is 0 Å². The number of nitrogens with one attached hydrogen (secondary N) is 1. The largest absolute Gasteiger partial charge is 0.453 e. The highest BCUT2D eigenvalue weighted by Gasteiger charge is 2.45. The van der Waals surface area contributed by atoms with Gasteiger partial charge in [-0.25, -0.2) is 4.79 Å². The van der Waals surface area contributed by atoms with Gasteiger partial charge in [-0.1, -0.05) is 84.0 Å². The van der Waals surface area contributed by atoms with E-state index >= 15 is 0 Å². The number of carbonyl (C=O) groups excluding carboxylic acids is 1. The highest BCUT2D eigenvalue weighted by molar-refractivity contribution is 6.77. The molecule has 0 bridgehead atoms. The van der Waals surface area contributed by atoms with Crippen molar-refractivity contribution in [2.45, 2.75) is 83.7 Å². The van der Waals surface area contributed by atoms with Crippen molar-refractivity contribution in [3.63, 3.8) is 0 Å². The van der Waals surface area contributed by atoms with Crippen LogP contribution in [0.5, 0.6) is 0 Å². The SMILES string of the molecule is COC(=O)NC(/C=C/[C@H](C)O[Si](C(C)C)(C(C)C)C(C)C)Cc1ccccc1. The summed E-state index contributed by atoms with van der Waals surface area (Å²) >= 11 is 0. The lowest BCUT2D eigenvalue weighted by molar-refractivity contribution is 0.168. The monoisotopic (exact) mass is 405 g/mol. The van der Waals surface area contributed by atoms with E-state index in [1.54, 1.807) is 0 Å². The molecule has 0 aliphatic rings. The fraction of sp³-hybridized carbons (Fsp3) is 0.609. The first-order valence-electron chi connectivity index (χ1n) is 10.4. The number of rotatable bonds is 10. The summed E-state index contributed by atoms with van der Waals surface area (Å²) in [6.45, 7) is 15.8. The van der Waals surface area contributed by atoms with E-state index in [1.165, 1.54) is 7.11 Å². The third-order valence-electron chi connectivity index (χ3n) is 5.50. The maximum absolute atomic E-state index is 11.8. The van der Waals surface area contributed by atoms with E-state index in [1.807, 2.05) is 24.3 Å². The molecule has 1 aromatic rings. The predicted molar refractivity (Wildman–Crippen MR) is 120 cm³/mol. The average molecular weight is 406 g/mol. The van der Waals surface area contributed by atoms with Crippen LogP contribution >= 0.6 is 0 Å². The van der Waals surface area contributed by atoms with Gasteiger partial charge in [-0.05, 0) is 35.5 Å². The van der Waals surface area contributed by atoms with Crippen molar-refractivity contribution in [3.8, 4) is 0 Å². The number of benzene rings is 1. The molecule has 0 saturated carbocycles. The molecule has 0 aliphatic carbocycles. The minimum absolute atomic E-state index is 0.00316. The van der Waals surface area contributed by atoms with Crippen molar-refractivity contribution < 1.29 is 14.0 Å². The van der Waals surface area contributed by atoms with E-state index in [2.05, 4.69) is 72.0 Å². The Bertz CT molecular complexity index is 592. The van der Waals surface area contributed by atoms with Gasteiger partial charge < -0.3 is 14.5 Å². The minimum atomic E-state index is -1.94. The molecule has 1 rings (SSSR count). The Kier molecular flexibility index (Phi) is 9.97. The molecule has 0 aliphatic heterocycles. The fourth-order valence-electron chi connectivity index (χ4n) is 4.31. The summed E-state index contributed by atoms with van der Waals surface area (Å²) in [6.07, 6.45) is 4.40. The van der Waals surface area contributed by atoms with Crippen LogP contribution in [0.1, 0.15) is 54.0 Å². The molecule has 4 nitrogen and oxygen atoms in total. The van der Waals surface area contributed by atoms with Crippen LogP contribution in [0.2, 0.25) is 16.6 Å². The standard InChI is InChI=1S/C23H39NO3Si/c1-17(2)28(18(3)4,19(5)6)27-20(7)14-15-22(24-23(25)26-8)16-21-12-10-9-11-13-21/h9-15,17-20,22H,16H2,1-8H3,(H,24,25)/b15-14+/t20-,22?/m0/s1. The molecule has 0 saturated heterocycles. The molecule has 1 amide bonds. The Morgan fingerprint density at radius 2 is 1.50 bits per heavy atom. The Balaban J connectivity index is 2.95. The Hall–Kier alpha value is -1.59. The summed E-state index contributed by atoms with van der Waals surface area (Å²) in [5, 5.41) is 2.91. The molecule has 28 heavy (non-hydrogen) atoms. The number of amides is 1. The molecule has 5 heteroatoms. The Labute approximate surface area is 172 Å². The second-order valence-corrected chi connectivity index (χ2v) is 13.9. The molecule has 0 radical (unpaired) electrons. The van der Waals surface area contributed by atoms with Gasteiger partial charge in [0.2, 0.25) is 8.32 Å². The van der Waals surface area contributed by atoms with Gasteiger partial charge >= 0.3 is 6.09 Å². The van der Waals surface area contributed by atoms with Gasteiger partial charge in [-0.2, -0.15) is 0 Å². The lowest BCUT2D eigenvalue weighted by Gasteiger charge is -2.43. The molecular weight excluding hydrogens is 366 g/mol. The number of carbonyl (C=O) groups is 1. The van der Waals surface area contributed by atoms with Crippen LogP contribution in [0.4, 0.5) is 4.79 Å². The molecule has 158 valence electrons. The van der Waals surface area contributed by atoms with E-state index in [0.29, 0.717) is 23.0 Å². The van der Waals surface area contributed by atoms with Gasteiger partial charge in [0, 0.05) is 0 Å². The number of methoxy groups -OCH3 is 1. The Morgan fingerprint density at radius 3 is 1.96 bits per heavy atom. The molecule has 1 N–H and O–H groups in total. The van der Waals surface area contributed by atoms with Crippen LogP contribution in [-0.2, 0) is 15.6 Å². The zero-order valence-electron chi connectivity index (χ0n) is 18.9. The predicted octanol–water partition coefficient (Wildman–Crippen LogP) is 6.09. The molecule has 0 fully saturated rings. The number of ether oxygens (including phenoxy) is 1. The van der Waals surface area contributed by atoms with Crippen LogP contribution in [0.3, 0.4) is 0 Å². The molecule has 0 aromatic heterocycles. The molecule has 0 heterocycles. The molecule has 1 unspecified atom stereocenters. The van der Waals surface area contributed by atoms with Gasteiger partial charge in [0.25, 0.3) is 0 Å². The normalized spacial score (nSPS) is 14.7. The molecule has 0 spiro atoms. The van der Waals surface area contributed by atoms with E-state index in [0.717, 1.165) is 5.56 Å². The Morgan fingerprint density at radius 1 is 0.964 bits per heavy atom. The van der Waals surface area contributed by atoms with Gasteiger partial charge in [0.15, 0.2) is 0 Å². The summed E-state index contributed by atoms with van der Waals surface area (Å²) in [5.74, 6) is 0. The molecule has 1 aromatic carbocycles. The summed E-state index contributed by atoms with van der Waals surface area (Å²) in [5.41, 5.74) is 2.78. The minimum Gasteiger partial charge on any atom is -0.453 e. The lowest BCUT2D eigenvalue weighted by Crippen LogP contribution is -2.49.